The van der Waals surface area contributed by atoms with E-state index in [2.05, 4.69) is 41.5 Å². The Hall–Kier alpha value is -2.04. The van der Waals surface area contributed by atoms with Crippen LogP contribution in [0.3, 0.4) is 0 Å². The maximum absolute atomic E-state index is 10.5. The molecule has 0 bridgehead atoms. The molecule has 1 aliphatic carbocycles. The Bertz CT molecular complexity index is 1010. The maximum Gasteiger partial charge on any atom is 0.142 e. The third-order valence-corrected chi connectivity index (χ3v) is 7.00. The molecule has 0 saturated heterocycles. The second kappa shape index (κ2) is 10.3. The van der Waals surface area contributed by atoms with Gasteiger partial charge in [-0.15, -0.1) is 0 Å². The first-order chi connectivity index (χ1) is 15.8. The average Bonchev–Trinajstić information content (AvgIpc) is 2.74. The monoisotopic (exact) mass is 502 g/mol. The standard InChI is InChI=1S/C28H36Cl2N2O2/c1-27(2,3)19-11-17(25(33)21(29)13-19)15-31-23-9-7-8-10-24(23)32-16-18-12-20(28(4,5)6)14-22(30)26(18)34/h11-16,23-24,33-34H,7-10H2,1-6H3/t23-,24+. The summed E-state index contributed by atoms with van der Waals surface area (Å²) in [4.78, 5) is 9.65. The van der Waals surface area contributed by atoms with Gasteiger partial charge in [0.15, 0.2) is 0 Å². The number of hydrogen-bond acceptors (Lipinski definition) is 4. The van der Waals surface area contributed by atoms with E-state index in [0.717, 1.165) is 36.8 Å². The van der Waals surface area contributed by atoms with Crippen LogP contribution in [0.1, 0.15) is 89.5 Å². The highest BCUT2D eigenvalue weighted by Gasteiger charge is 2.24. The van der Waals surface area contributed by atoms with Crippen molar-refractivity contribution < 1.29 is 10.2 Å². The van der Waals surface area contributed by atoms with Gasteiger partial charge in [0.2, 0.25) is 0 Å². The zero-order valence-electron chi connectivity index (χ0n) is 21.0. The average molecular weight is 504 g/mol. The minimum absolute atomic E-state index is 0.00937. The van der Waals surface area contributed by atoms with Crippen molar-refractivity contribution in [3.8, 4) is 11.5 Å². The molecule has 6 heteroatoms. The second-order valence-corrected chi connectivity index (χ2v) is 12.1. The van der Waals surface area contributed by atoms with E-state index in [1.54, 1.807) is 12.4 Å². The normalized spacial score (nSPS) is 19.9. The highest BCUT2D eigenvalue weighted by Crippen LogP contribution is 2.35. The maximum atomic E-state index is 10.5. The largest absolute Gasteiger partial charge is 0.506 e. The van der Waals surface area contributed by atoms with Gasteiger partial charge in [0.1, 0.15) is 11.5 Å². The summed E-state index contributed by atoms with van der Waals surface area (Å²) in [6.45, 7) is 12.7. The summed E-state index contributed by atoms with van der Waals surface area (Å²) in [5.41, 5.74) is 3.13. The zero-order valence-corrected chi connectivity index (χ0v) is 22.5. The van der Waals surface area contributed by atoms with Crippen LogP contribution in [0.15, 0.2) is 34.3 Å². The summed E-state index contributed by atoms with van der Waals surface area (Å²) in [7, 11) is 0. The van der Waals surface area contributed by atoms with Gasteiger partial charge in [0, 0.05) is 23.6 Å². The molecule has 0 aliphatic heterocycles. The number of benzene rings is 2. The van der Waals surface area contributed by atoms with Gasteiger partial charge in [-0.25, -0.2) is 0 Å². The van der Waals surface area contributed by atoms with Crippen molar-refractivity contribution in [3.05, 3.63) is 56.6 Å². The topological polar surface area (TPSA) is 65.2 Å². The van der Waals surface area contributed by atoms with Crippen LogP contribution in [-0.2, 0) is 10.8 Å². The molecule has 34 heavy (non-hydrogen) atoms. The quantitative estimate of drug-likeness (QED) is 0.417. The molecule has 0 amide bonds. The van der Waals surface area contributed by atoms with Crippen LogP contribution in [0.5, 0.6) is 11.5 Å². The highest BCUT2D eigenvalue weighted by molar-refractivity contribution is 6.33. The van der Waals surface area contributed by atoms with E-state index in [-0.39, 0.29) is 34.4 Å². The molecule has 2 aromatic carbocycles. The first-order valence-electron chi connectivity index (χ1n) is 11.9. The van der Waals surface area contributed by atoms with Crippen LogP contribution in [0.2, 0.25) is 10.0 Å². The van der Waals surface area contributed by atoms with Gasteiger partial charge in [-0.05, 0) is 59.1 Å². The van der Waals surface area contributed by atoms with Gasteiger partial charge >= 0.3 is 0 Å². The van der Waals surface area contributed by atoms with Gasteiger partial charge in [-0.1, -0.05) is 77.6 Å². The van der Waals surface area contributed by atoms with Crippen LogP contribution < -0.4 is 0 Å². The van der Waals surface area contributed by atoms with Gasteiger partial charge in [-0.2, -0.15) is 0 Å². The van der Waals surface area contributed by atoms with Crippen molar-refractivity contribution in [3.63, 3.8) is 0 Å². The summed E-state index contributed by atoms with van der Waals surface area (Å²) in [5, 5.41) is 21.6. The van der Waals surface area contributed by atoms with Crippen molar-refractivity contribution in [2.75, 3.05) is 0 Å². The Labute approximate surface area is 213 Å². The summed E-state index contributed by atoms with van der Waals surface area (Å²) in [6, 6.07) is 7.50. The fourth-order valence-electron chi connectivity index (χ4n) is 4.10. The number of halogens is 2. The fraction of sp³-hybridized carbons (Fsp3) is 0.500. The Balaban J connectivity index is 1.88. The predicted octanol–water partition coefficient (Wildman–Crippen LogP) is 7.85. The molecule has 2 aromatic rings. The van der Waals surface area contributed by atoms with Crippen molar-refractivity contribution in [1.82, 2.24) is 0 Å². The molecule has 1 aliphatic rings. The molecule has 0 aromatic heterocycles. The Morgan fingerprint density at radius 3 is 1.38 bits per heavy atom. The second-order valence-electron chi connectivity index (χ2n) is 11.3. The van der Waals surface area contributed by atoms with Crippen LogP contribution in [-0.4, -0.2) is 34.7 Å². The van der Waals surface area contributed by atoms with Gasteiger partial charge in [0.25, 0.3) is 0 Å². The number of nitrogens with zero attached hydrogens (tertiary/aromatic N) is 2. The first kappa shape index (κ1) is 26.6. The van der Waals surface area contributed by atoms with E-state index in [4.69, 9.17) is 33.2 Å². The van der Waals surface area contributed by atoms with E-state index >= 15 is 0 Å². The van der Waals surface area contributed by atoms with Crippen LogP contribution in [0.4, 0.5) is 0 Å². The summed E-state index contributed by atoms with van der Waals surface area (Å²) in [6.07, 6.45) is 7.45. The summed E-state index contributed by atoms with van der Waals surface area (Å²) in [5.74, 6) is 0.0978. The number of aliphatic imine (C=N–C) groups is 2. The third-order valence-electron chi connectivity index (χ3n) is 6.42. The van der Waals surface area contributed by atoms with Gasteiger partial charge in [-0.3, -0.25) is 9.98 Å². The van der Waals surface area contributed by atoms with Crippen molar-refractivity contribution in [2.45, 2.75) is 90.1 Å². The van der Waals surface area contributed by atoms with Crippen molar-refractivity contribution >= 4 is 35.6 Å². The molecule has 3 rings (SSSR count). The van der Waals surface area contributed by atoms with E-state index in [1.807, 2.05) is 24.3 Å². The van der Waals surface area contributed by atoms with Crippen LogP contribution in [0, 0.1) is 0 Å². The van der Waals surface area contributed by atoms with Crippen LogP contribution in [0.25, 0.3) is 0 Å². The molecule has 1 saturated carbocycles. The van der Waals surface area contributed by atoms with Crippen LogP contribution >= 0.6 is 23.2 Å². The molecule has 1 fully saturated rings. The third kappa shape index (κ3) is 6.34. The van der Waals surface area contributed by atoms with E-state index < -0.39 is 0 Å². The molecule has 2 N–H and O–H groups in total. The van der Waals surface area contributed by atoms with E-state index in [0.29, 0.717) is 21.2 Å². The number of hydrogen-bond donors (Lipinski definition) is 2. The van der Waals surface area contributed by atoms with E-state index in [1.165, 1.54) is 0 Å². The summed E-state index contributed by atoms with van der Waals surface area (Å²) >= 11 is 12.6. The number of phenols is 2. The van der Waals surface area contributed by atoms with Gasteiger partial charge < -0.3 is 10.2 Å². The molecule has 0 unspecified atom stereocenters. The van der Waals surface area contributed by atoms with Gasteiger partial charge in [0.05, 0.1) is 22.1 Å². The lowest BCUT2D eigenvalue weighted by Crippen LogP contribution is -2.27. The lowest BCUT2D eigenvalue weighted by molar-refractivity contribution is 0.390. The first-order valence-corrected chi connectivity index (χ1v) is 12.7. The molecule has 0 radical (unpaired) electrons. The number of phenolic OH excluding ortho intramolecular Hbond substituents is 2. The lowest BCUT2D eigenvalue weighted by Gasteiger charge is -2.26. The Morgan fingerprint density at radius 2 is 1.06 bits per heavy atom. The molecule has 0 spiro atoms. The molecular formula is C28H36Cl2N2O2. The Kier molecular flexibility index (Phi) is 8.04. The minimum Gasteiger partial charge on any atom is -0.506 e. The molecule has 4 nitrogen and oxygen atoms in total. The van der Waals surface area contributed by atoms with Crippen molar-refractivity contribution in [2.24, 2.45) is 9.98 Å². The molecule has 0 heterocycles. The van der Waals surface area contributed by atoms with E-state index in [9.17, 15) is 10.2 Å². The zero-order chi connectivity index (χ0) is 25.3. The number of rotatable bonds is 4. The molecule has 184 valence electrons. The van der Waals surface area contributed by atoms with Crippen molar-refractivity contribution in [1.29, 1.82) is 0 Å². The SMILES string of the molecule is CC(C)(C)c1cc(Cl)c(O)c(C=N[C@H]2CCCC[C@H]2N=Cc2cc(C(C)(C)C)cc(Cl)c2O)c1. The molecular weight excluding hydrogens is 467 g/mol. The molecule has 2 atom stereocenters. The summed E-state index contributed by atoms with van der Waals surface area (Å²) < 4.78 is 0. The fourth-order valence-corrected chi connectivity index (χ4v) is 4.55. The smallest absolute Gasteiger partial charge is 0.142 e. The Morgan fingerprint density at radius 1 is 0.706 bits per heavy atom. The number of aromatic hydroxyl groups is 2. The highest BCUT2D eigenvalue weighted by atomic mass is 35.5. The minimum atomic E-state index is -0.0948. The lowest BCUT2D eigenvalue weighted by atomic mass is 9.86. The predicted molar refractivity (Wildman–Crippen MR) is 145 cm³/mol.